The smallest absolute Gasteiger partial charge is 0.261 e. The van der Waals surface area contributed by atoms with E-state index < -0.39 is 0 Å². The molecule has 2 amide bonds. The van der Waals surface area contributed by atoms with Gasteiger partial charge in [-0.2, -0.15) is 0 Å². The Balaban J connectivity index is 1.35. The van der Waals surface area contributed by atoms with Gasteiger partial charge in [-0.1, -0.05) is 25.5 Å². The van der Waals surface area contributed by atoms with Gasteiger partial charge in [0.05, 0.1) is 77.1 Å². The molecule has 1 heterocycles. The Kier molecular flexibility index (Phi) is 12.2. The number of amides is 2. The molecule has 0 aromatic heterocycles. The summed E-state index contributed by atoms with van der Waals surface area (Å²) in [5, 5.41) is 0. The van der Waals surface area contributed by atoms with Crippen LogP contribution in [0.2, 0.25) is 0 Å². The molecule has 1 aliphatic rings. The molecule has 0 saturated carbocycles. The first-order valence-corrected chi connectivity index (χ1v) is 10.6. The first-order valence-electron chi connectivity index (χ1n) is 10.6. The molecule has 1 aliphatic heterocycles. The Morgan fingerprint density at radius 3 is 1.47 bits per heavy atom. The summed E-state index contributed by atoms with van der Waals surface area (Å²) in [5.41, 5.74) is 0.910. The fourth-order valence-corrected chi connectivity index (χ4v) is 2.83. The maximum atomic E-state index is 12.2. The third-order valence-corrected chi connectivity index (χ3v) is 4.47. The molecular weight excluding hydrogens is 390 g/mol. The molecule has 168 valence electrons. The van der Waals surface area contributed by atoms with Crippen molar-refractivity contribution in [3.05, 3.63) is 35.4 Å². The lowest BCUT2D eigenvalue weighted by atomic mass is 10.1. The largest absolute Gasteiger partial charge is 0.379 e. The SMILES string of the molecule is CCCCOCCOCCOCCOCCOCCN1C(=O)c2ccccc2C1=O. The summed E-state index contributed by atoms with van der Waals surface area (Å²) >= 11 is 0. The second-order valence-electron chi connectivity index (χ2n) is 6.72. The number of carbonyl (C=O) groups is 2. The standard InChI is InChI=1S/C22H33NO7/c1-2-3-9-26-11-13-28-15-17-30-18-16-29-14-12-27-10-8-23-21(24)19-6-4-5-7-20(19)22(23)25/h4-7H,2-3,8-18H2,1H3. The average Bonchev–Trinajstić information content (AvgIpc) is 3.01. The van der Waals surface area contributed by atoms with Crippen LogP contribution < -0.4 is 0 Å². The summed E-state index contributed by atoms with van der Waals surface area (Å²) in [6.45, 7) is 7.50. The van der Waals surface area contributed by atoms with Gasteiger partial charge in [0, 0.05) is 6.61 Å². The van der Waals surface area contributed by atoms with Crippen LogP contribution in [0.4, 0.5) is 0 Å². The van der Waals surface area contributed by atoms with Gasteiger partial charge in [-0.15, -0.1) is 0 Å². The van der Waals surface area contributed by atoms with Crippen molar-refractivity contribution in [1.82, 2.24) is 4.90 Å². The van der Waals surface area contributed by atoms with E-state index in [1.54, 1.807) is 24.3 Å². The zero-order valence-electron chi connectivity index (χ0n) is 17.8. The predicted molar refractivity (Wildman–Crippen MR) is 111 cm³/mol. The van der Waals surface area contributed by atoms with E-state index in [9.17, 15) is 9.59 Å². The summed E-state index contributed by atoms with van der Waals surface area (Å²) in [4.78, 5) is 25.6. The highest BCUT2D eigenvalue weighted by Crippen LogP contribution is 2.21. The number of benzene rings is 1. The number of ether oxygens (including phenoxy) is 5. The van der Waals surface area contributed by atoms with Crippen molar-refractivity contribution in [2.24, 2.45) is 0 Å². The van der Waals surface area contributed by atoms with Gasteiger partial charge in [-0.05, 0) is 18.6 Å². The van der Waals surface area contributed by atoms with Crippen LogP contribution in [0.3, 0.4) is 0 Å². The Labute approximate surface area is 178 Å². The van der Waals surface area contributed by atoms with Crippen molar-refractivity contribution in [2.75, 3.05) is 72.6 Å². The van der Waals surface area contributed by atoms with E-state index in [-0.39, 0.29) is 25.0 Å². The minimum atomic E-state index is -0.263. The van der Waals surface area contributed by atoms with E-state index >= 15 is 0 Å². The van der Waals surface area contributed by atoms with Crippen molar-refractivity contribution in [1.29, 1.82) is 0 Å². The Hall–Kier alpha value is -1.84. The minimum Gasteiger partial charge on any atom is -0.379 e. The molecule has 0 bridgehead atoms. The van der Waals surface area contributed by atoms with E-state index in [1.807, 2.05) is 0 Å². The summed E-state index contributed by atoms with van der Waals surface area (Å²) in [6, 6.07) is 6.84. The van der Waals surface area contributed by atoms with Crippen molar-refractivity contribution >= 4 is 11.8 Å². The van der Waals surface area contributed by atoms with Crippen LogP contribution in [0.25, 0.3) is 0 Å². The lowest BCUT2D eigenvalue weighted by Gasteiger charge is -2.13. The van der Waals surface area contributed by atoms with Crippen LogP contribution in [0.15, 0.2) is 24.3 Å². The first-order chi connectivity index (χ1) is 14.8. The zero-order valence-corrected chi connectivity index (χ0v) is 17.8. The van der Waals surface area contributed by atoms with Crippen LogP contribution in [0, 0.1) is 0 Å². The van der Waals surface area contributed by atoms with Gasteiger partial charge in [0.25, 0.3) is 11.8 Å². The predicted octanol–water partition coefficient (Wildman–Crippen LogP) is 2.17. The Bertz CT molecular complexity index is 603. The third kappa shape index (κ3) is 8.49. The summed E-state index contributed by atoms with van der Waals surface area (Å²) in [5.74, 6) is -0.527. The molecule has 1 aromatic carbocycles. The van der Waals surface area contributed by atoms with Crippen LogP contribution in [0.5, 0.6) is 0 Å². The van der Waals surface area contributed by atoms with Crippen LogP contribution in [-0.4, -0.2) is 89.3 Å². The molecule has 8 nitrogen and oxygen atoms in total. The quantitative estimate of drug-likeness (QED) is 0.264. The van der Waals surface area contributed by atoms with Gasteiger partial charge in [-0.3, -0.25) is 14.5 Å². The average molecular weight is 424 g/mol. The fraction of sp³-hybridized carbons (Fsp3) is 0.636. The zero-order chi connectivity index (χ0) is 21.4. The molecule has 8 heteroatoms. The van der Waals surface area contributed by atoms with Crippen molar-refractivity contribution in [3.8, 4) is 0 Å². The molecule has 0 atom stereocenters. The highest BCUT2D eigenvalue weighted by atomic mass is 16.6. The highest BCUT2D eigenvalue weighted by molar-refractivity contribution is 6.21. The molecule has 0 saturated heterocycles. The van der Waals surface area contributed by atoms with Gasteiger partial charge >= 0.3 is 0 Å². The first kappa shape index (κ1) is 24.4. The Morgan fingerprint density at radius 2 is 1.03 bits per heavy atom. The normalized spacial score (nSPS) is 13.3. The van der Waals surface area contributed by atoms with Crippen LogP contribution >= 0.6 is 0 Å². The number of carbonyl (C=O) groups excluding carboxylic acids is 2. The van der Waals surface area contributed by atoms with Gasteiger partial charge in [0.2, 0.25) is 0 Å². The van der Waals surface area contributed by atoms with Crippen molar-refractivity contribution in [2.45, 2.75) is 19.8 Å². The molecule has 30 heavy (non-hydrogen) atoms. The molecule has 1 aromatic rings. The second kappa shape index (κ2) is 15.0. The van der Waals surface area contributed by atoms with Gasteiger partial charge < -0.3 is 23.7 Å². The maximum absolute atomic E-state index is 12.2. The summed E-state index contributed by atoms with van der Waals surface area (Å²) < 4.78 is 27.1. The highest BCUT2D eigenvalue weighted by Gasteiger charge is 2.34. The molecular formula is C22H33NO7. The number of nitrogens with zero attached hydrogens (tertiary/aromatic N) is 1. The number of imide groups is 1. The van der Waals surface area contributed by atoms with Crippen LogP contribution in [-0.2, 0) is 23.7 Å². The Morgan fingerprint density at radius 1 is 0.633 bits per heavy atom. The molecule has 0 radical (unpaired) electrons. The summed E-state index contributed by atoms with van der Waals surface area (Å²) in [6.07, 6.45) is 2.22. The molecule has 2 rings (SSSR count). The fourth-order valence-electron chi connectivity index (χ4n) is 2.83. The van der Waals surface area contributed by atoms with E-state index in [0.717, 1.165) is 19.4 Å². The molecule has 0 unspecified atom stereocenters. The number of hydrogen-bond acceptors (Lipinski definition) is 7. The number of fused-ring (bicyclic) bond motifs is 1. The van der Waals surface area contributed by atoms with Gasteiger partial charge in [0.1, 0.15) is 0 Å². The van der Waals surface area contributed by atoms with E-state index in [0.29, 0.717) is 64.0 Å². The van der Waals surface area contributed by atoms with Gasteiger partial charge in [-0.25, -0.2) is 0 Å². The van der Waals surface area contributed by atoms with E-state index in [1.165, 1.54) is 4.90 Å². The van der Waals surface area contributed by atoms with Crippen LogP contribution in [0.1, 0.15) is 40.5 Å². The molecule has 0 aliphatic carbocycles. The lowest BCUT2D eigenvalue weighted by Crippen LogP contribution is -2.33. The molecule has 0 N–H and O–H groups in total. The minimum absolute atomic E-state index is 0.235. The van der Waals surface area contributed by atoms with Gasteiger partial charge in [0.15, 0.2) is 0 Å². The third-order valence-electron chi connectivity index (χ3n) is 4.47. The lowest BCUT2D eigenvalue weighted by molar-refractivity contribution is -0.0119. The number of rotatable bonds is 18. The van der Waals surface area contributed by atoms with E-state index in [4.69, 9.17) is 23.7 Å². The number of unbranched alkanes of at least 4 members (excludes halogenated alkanes) is 1. The van der Waals surface area contributed by atoms with Crippen molar-refractivity contribution < 1.29 is 33.3 Å². The molecule has 0 fully saturated rings. The summed E-state index contributed by atoms with van der Waals surface area (Å²) in [7, 11) is 0. The monoisotopic (exact) mass is 423 g/mol. The second-order valence-corrected chi connectivity index (χ2v) is 6.72. The van der Waals surface area contributed by atoms with E-state index in [2.05, 4.69) is 6.92 Å². The topological polar surface area (TPSA) is 83.5 Å². The molecule has 0 spiro atoms. The number of hydrogen-bond donors (Lipinski definition) is 0. The maximum Gasteiger partial charge on any atom is 0.261 e. The van der Waals surface area contributed by atoms with Crippen molar-refractivity contribution in [3.63, 3.8) is 0 Å².